The van der Waals surface area contributed by atoms with Crippen molar-refractivity contribution in [3.8, 4) is 0 Å². The van der Waals surface area contributed by atoms with E-state index in [4.69, 9.17) is 9.52 Å². The third-order valence-corrected chi connectivity index (χ3v) is 2.92. The van der Waals surface area contributed by atoms with Gasteiger partial charge in [0.15, 0.2) is 0 Å². The molecule has 15 heavy (non-hydrogen) atoms. The number of hydrogen-bond donors (Lipinski definition) is 1. The average Bonchev–Trinajstić information content (AvgIpc) is 2.91. The van der Waals surface area contributed by atoms with E-state index in [9.17, 15) is 4.79 Å². The Morgan fingerprint density at radius 2 is 2.20 bits per heavy atom. The number of benzene rings is 1. The zero-order chi connectivity index (χ0) is 10.4. The number of rotatable bonds is 2. The van der Waals surface area contributed by atoms with E-state index in [-0.39, 0.29) is 11.8 Å². The van der Waals surface area contributed by atoms with E-state index in [1.165, 1.54) is 0 Å². The Kier molecular flexibility index (Phi) is 1.63. The number of fused-ring (bicyclic) bond motifs is 1. The van der Waals surface area contributed by atoms with Crippen molar-refractivity contribution in [2.45, 2.75) is 12.3 Å². The van der Waals surface area contributed by atoms with Crippen molar-refractivity contribution in [3.05, 3.63) is 36.1 Å². The van der Waals surface area contributed by atoms with Gasteiger partial charge in [0.1, 0.15) is 11.3 Å². The lowest BCUT2D eigenvalue weighted by Crippen LogP contribution is -1.98. The molecule has 2 atom stereocenters. The molecule has 1 saturated carbocycles. The van der Waals surface area contributed by atoms with Crippen LogP contribution in [0, 0.1) is 5.92 Å². The Bertz CT molecular complexity index is 493. The summed E-state index contributed by atoms with van der Waals surface area (Å²) in [4.78, 5) is 10.7. The molecular weight excluding hydrogens is 192 g/mol. The third-order valence-electron chi connectivity index (χ3n) is 2.92. The van der Waals surface area contributed by atoms with Gasteiger partial charge in [0.2, 0.25) is 0 Å². The molecule has 3 rings (SSSR count). The van der Waals surface area contributed by atoms with Crippen LogP contribution in [-0.4, -0.2) is 11.1 Å². The van der Waals surface area contributed by atoms with Crippen molar-refractivity contribution in [2.24, 2.45) is 5.92 Å². The Balaban J connectivity index is 1.97. The molecule has 1 N–H and O–H groups in total. The van der Waals surface area contributed by atoms with Gasteiger partial charge in [-0.05, 0) is 18.6 Å². The summed E-state index contributed by atoms with van der Waals surface area (Å²) in [5.41, 5.74) is 0.837. The van der Waals surface area contributed by atoms with E-state index in [0.717, 1.165) is 16.7 Å². The molecule has 0 radical (unpaired) electrons. The topological polar surface area (TPSA) is 50.4 Å². The Morgan fingerprint density at radius 1 is 1.40 bits per heavy atom. The molecule has 2 unspecified atom stereocenters. The maximum atomic E-state index is 10.7. The molecule has 0 saturated heterocycles. The monoisotopic (exact) mass is 202 g/mol. The standard InChI is InChI=1S/C12H10O3/c13-12(14)9-6-8(9)11-5-7-3-1-2-4-10(7)15-11/h1-5,8-9H,6H2,(H,13,14). The highest BCUT2D eigenvalue weighted by atomic mass is 16.4. The van der Waals surface area contributed by atoms with Crippen LogP contribution in [0.2, 0.25) is 0 Å². The Hall–Kier alpha value is -1.77. The lowest BCUT2D eigenvalue weighted by molar-refractivity contribution is -0.138. The van der Waals surface area contributed by atoms with Crippen LogP contribution in [-0.2, 0) is 4.79 Å². The van der Waals surface area contributed by atoms with E-state index in [2.05, 4.69) is 0 Å². The molecule has 1 aromatic heterocycles. The summed E-state index contributed by atoms with van der Waals surface area (Å²) in [5.74, 6) is -0.0791. The predicted octanol–water partition coefficient (Wildman–Crippen LogP) is 2.62. The molecule has 1 fully saturated rings. The Morgan fingerprint density at radius 3 is 2.87 bits per heavy atom. The minimum Gasteiger partial charge on any atom is -0.481 e. The summed E-state index contributed by atoms with van der Waals surface area (Å²) in [7, 11) is 0. The SMILES string of the molecule is O=C(O)C1CC1c1cc2ccccc2o1. The molecule has 1 heterocycles. The summed E-state index contributed by atoms with van der Waals surface area (Å²) >= 11 is 0. The number of furan rings is 1. The fourth-order valence-corrected chi connectivity index (χ4v) is 1.97. The number of aliphatic carboxylic acids is 1. The first-order valence-corrected chi connectivity index (χ1v) is 4.97. The van der Waals surface area contributed by atoms with Gasteiger partial charge in [-0.2, -0.15) is 0 Å². The maximum absolute atomic E-state index is 10.7. The Labute approximate surface area is 86.3 Å². The van der Waals surface area contributed by atoms with Crippen LogP contribution >= 0.6 is 0 Å². The number of hydrogen-bond acceptors (Lipinski definition) is 2. The summed E-state index contributed by atoms with van der Waals surface area (Å²) in [6.45, 7) is 0. The molecule has 1 aliphatic rings. The molecule has 0 amide bonds. The van der Waals surface area contributed by atoms with Crippen molar-refractivity contribution < 1.29 is 14.3 Å². The van der Waals surface area contributed by atoms with E-state index in [0.29, 0.717) is 6.42 Å². The molecule has 3 heteroatoms. The maximum Gasteiger partial charge on any atom is 0.307 e. The second kappa shape index (κ2) is 2.86. The number of carbonyl (C=O) groups is 1. The van der Waals surface area contributed by atoms with Crippen LogP contribution in [0.1, 0.15) is 18.1 Å². The van der Waals surface area contributed by atoms with E-state index < -0.39 is 5.97 Å². The second-order valence-electron chi connectivity index (χ2n) is 3.97. The van der Waals surface area contributed by atoms with E-state index in [1.54, 1.807) is 0 Å². The first kappa shape index (κ1) is 8.53. The summed E-state index contributed by atoms with van der Waals surface area (Å²) in [5, 5.41) is 9.86. The molecule has 3 nitrogen and oxygen atoms in total. The van der Waals surface area contributed by atoms with E-state index in [1.807, 2.05) is 30.3 Å². The van der Waals surface area contributed by atoms with Crippen LogP contribution in [0.25, 0.3) is 11.0 Å². The molecule has 0 aliphatic heterocycles. The number of carboxylic acids is 1. The van der Waals surface area contributed by atoms with Gasteiger partial charge >= 0.3 is 5.97 Å². The average molecular weight is 202 g/mol. The molecule has 0 bridgehead atoms. The lowest BCUT2D eigenvalue weighted by Gasteiger charge is -1.89. The van der Waals surface area contributed by atoms with Crippen molar-refractivity contribution in [1.29, 1.82) is 0 Å². The third kappa shape index (κ3) is 1.31. The normalized spacial score (nSPS) is 24.3. The highest BCUT2D eigenvalue weighted by Crippen LogP contribution is 2.48. The molecule has 1 aromatic carbocycles. The summed E-state index contributed by atoms with van der Waals surface area (Å²) < 4.78 is 5.61. The van der Waals surface area contributed by atoms with Gasteiger partial charge in [-0.25, -0.2) is 0 Å². The highest BCUT2D eigenvalue weighted by Gasteiger charge is 2.46. The fraction of sp³-hybridized carbons (Fsp3) is 0.250. The largest absolute Gasteiger partial charge is 0.481 e. The van der Waals surface area contributed by atoms with Gasteiger partial charge in [-0.1, -0.05) is 18.2 Å². The van der Waals surface area contributed by atoms with Crippen LogP contribution in [0.3, 0.4) is 0 Å². The molecule has 2 aromatic rings. The predicted molar refractivity (Wildman–Crippen MR) is 54.7 cm³/mol. The van der Waals surface area contributed by atoms with Gasteiger partial charge in [0.05, 0.1) is 5.92 Å². The van der Waals surface area contributed by atoms with Crippen LogP contribution in [0.15, 0.2) is 34.7 Å². The van der Waals surface area contributed by atoms with Crippen molar-refractivity contribution in [3.63, 3.8) is 0 Å². The minimum atomic E-state index is -0.722. The van der Waals surface area contributed by atoms with Gasteiger partial charge in [-0.15, -0.1) is 0 Å². The molecule has 0 spiro atoms. The molecule has 76 valence electrons. The van der Waals surface area contributed by atoms with Gasteiger partial charge in [0, 0.05) is 11.3 Å². The summed E-state index contributed by atoms with van der Waals surface area (Å²) in [6, 6.07) is 9.68. The van der Waals surface area contributed by atoms with Crippen LogP contribution in [0.5, 0.6) is 0 Å². The second-order valence-corrected chi connectivity index (χ2v) is 3.97. The molecule has 1 aliphatic carbocycles. The van der Waals surface area contributed by atoms with E-state index >= 15 is 0 Å². The summed E-state index contributed by atoms with van der Waals surface area (Å²) in [6.07, 6.45) is 0.704. The van der Waals surface area contributed by atoms with Gasteiger partial charge in [0.25, 0.3) is 0 Å². The lowest BCUT2D eigenvalue weighted by atomic mass is 10.2. The van der Waals surface area contributed by atoms with Gasteiger partial charge in [-0.3, -0.25) is 4.79 Å². The van der Waals surface area contributed by atoms with Crippen molar-refractivity contribution in [2.75, 3.05) is 0 Å². The quantitative estimate of drug-likeness (QED) is 0.814. The zero-order valence-corrected chi connectivity index (χ0v) is 8.01. The first-order valence-electron chi connectivity index (χ1n) is 4.97. The van der Waals surface area contributed by atoms with Crippen molar-refractivity contribution in [1.82, 2.24) is 0 Å². The number of para-hydroxylation sites is 1. The minimum absolute atomic E-state index is 0.0786. The molecular formula is C12H10O3. The highest BCUT2D eigenvalue weighted by molar-refractivity contribution is 5.79. The van der Waals surface area contributed by atoms with Crippen molar-refractivity contribution >= 4 is 16.9 Å². The fourth-order valence-electron chi connectivity index (χ4n) is 1.97. The zero-order valence-electron chi connectivity index (χ0n) is 8.01. The van der Waals surface area contributed by atoms with Crippen LogP contribution in [0.4, 0.5) is 0 Å². The van der Waals surface area contributed by atoms with Crippen LogP contribution < -0.4 is 0 Å². The number of carboxylic acid groups (broad SMARTS) is 1. The first-order chi connectivity index (χ1) is 7.25. The van der Waals surface area contributed by atoms with Gasteiger partial charge < -0.3 is 9.52 Å². The smallest absolute Gasteiger partial charge is 0.307 e.